The van der Waals surface area contributed by atoms with Crippen LogP contribution in [0.15, 0.2) is 54.9 Å². The first-order valence-electron chi connectivity index (χ1n) is 7.69. The number of fused-ring (bicyclic) bond motifs is 1. The van der Waals surface area contributed by atoms with Gasteiger partial charge in [0, 0.05) is 37.1 Å². The van der Waals surface area contributed by atoms with Crippen molar-refractivity contribution >= 4 is 5.82 Å². The minimum atomic E-state index is -4.54. The highest BCUT2D eigenvalue weighted by atomic mass is 19.4. The number of hydrogen-bond acceptors (Lipinski definition) is 4. The number of alkyl halides is 3. The summed E-state index contributed by atoms with van der Waals surface area (Å²) < 4.78 is 39.9. The molecule has 1 aliphatic rings. The summed E-state index contributed by atoms with van der Waals surface area (Å²) in [6.07, 6.45) is -1.53. The predicted molar refractivity (Wildman–Crippen MR) is 86.6 cm³/mol. The van der Waals surface area contributed by atoms with Crippen LogP contribution in [-0.2, 0) is 19.3 Å². The first kappa shape index (κ1) is 15.6. The van der Waals surface area contributed by atoms with E-state index in [-0.39, 0.29) is 11.6 Å². The Morgan fingerprint density at radius 1 is 0.920 bits per heavy atom. The molecule has 1 aromatic carbocycles. The van der Waals surface area contributed by atoms with E-state index in [1.807, 2.05) is 29.2 Å². The average molecular weight is 342 g/mol. The number of rotatable bonds is 2. The Labute approximate surface area is 142 Å². The van der Waals surface area contributed by atoms with Gasteiger partial charge in [0.15, 0.2) is 11.5 Å². The van der Waals surface area contributed by atoms with Crippen LogP contribution in [0.25, 0.3) is 11.4 Å². The van der Waals surface area contributed by atoms with E-state index in [1.165, 1.54) is 6.20 Å². The van der Waals surface area contributed by atoms with E-state index in [0.717, 1.165) is 17.2 Å². The van der Waals surface area contributed by atoms with Crippen molar-refractivity contribution in [2.24, 2.45) is 0 Å². The molecule has 3 heterocycles. The average Bonchev–Trinajstić information content (AvgIpc) is 3.05. The molecule has 4 rings (SSSR count). The summed E-state index contributed by atoms with van der Waals surface area (Å²) in [7, 11) is 0. The van der Waals surface area contributed by atoms with Crippen molar-refractivity contribution in [3.05, 3.63) is 71.7 Å². The highest BCUT2D eigenvalue weighted by Gasteiger charge is 2.35. The summed E-state index contributed by atoms with van der Waals surface area (Å²) in [6, 6.07) is 12.1. The monoisotopic (exact) mass is 342 g/mol. The largest absolute Gasteiger partial charge is 0.433 e. The van der Waals surface area contributed by atoms with E-state index in [2.05, 4.69) is 15.0 Å². The van der Waals surface area contributed by atoms with E-state index in [1.54, 1.807) is 18.3 Å². The fraction of sp³-hybridized carbons (Fsp3) is 0.167. The Morgan fingerprint density at radius 3 is 2.24 bits per heavy atom. The van der Waals surface area contributed by atoms with Crippen LogP contribution in [0.5, 0.6) is 0 Å². The fourth-order valence-electron chi connectivity index (χ4n) is 2.86. The molecule has 0 amide bonds. The van der Waals surface area contributed by atoms with E-state index >= 15 is 0 Å². The maximum atomic E-state index is 13.3. The van der Waals surface area contributed by atoms with E-state index in [0.29, 0.717) is 18.7 Å². The lowest BCUT2D eigenvalue weighted by Crippen LogP contribution is -2.19. The molecule has 0 N–H and O–H groups in total. The normalized spacial score (nSPS) is 13.8. The number of pyridine rings is 1. The lowest BCUT2D eigenvalue weighted by atomic mass is 10.1. The summed E-state index contributed by atoms with van der Waals surface area (Å²) >= 11 is 0. The van der Waals surface area contributed by atoms with E-state index in [9.17, 15) is 13.2 Å². The number of benzene rings is 1. The molecule has 0 spiro atoms. The molecule has 126 valence electrons. The number of anilines is 1. The lowest BCUT2D eigenvalue weighted by molar-refractivity contribution is -0.141. The molecule has 0 saturated carbocycles. The molecule has 0 aliphatic carbocycles. The van der Waals surface area contributed by atoms with Crippen LogP contribution in [0.3, 0.4) is 0 Å². The predicted octanol–water partition coefficient (Wildman–Crippen LogP) is 4.08. The molecular formula is C18H13F3N4. The van der Waals surface area contributed by atoms with Crippen LogP contribution >= 0.6 is 0 Å². The Kier molecular flexibility index (Phi) is 3.63. The van der Waals surface area contributed by atoms with Crippen molar-refractivity contribution in [3.8, 4) is 11.4 Å². The Balaban J connectivity index is 1.78. The molecule has 7 heteroatoms. The Hall–Kier alpha value is -2.96. The van der Waals surface area contributed by atoms with E-state index in [4.69, 9.17) is 0 Å². The molecule has 4 nitrogen and oxygen atoms in total. The quantitative estimate of drug-likeness (QED) is 0.704. The molecule has 0 saturated heterocycles. The number of halogens is 3. The summed E-state index contributed by atoms with van der Waals surface area (Å²) in [5.41, 5.74) is 1.69. The first-order chi connectivity index (χ1) is 12.0. The van der Waals surface area contributed by atoms with Crippen LogP contribution in [-0.4, -0.2) is 15.0 Å². The van der Waals surface area contributed by atoms with Gasteiger partial charge in [-0.2, -0.15) is 13.2 Å². The Morgan fingerprint density at radius 2 is 1.64 bits per heavy atom. The zero-order valence-electron chi connectivity index (χ0n) is 13.0. The Bertz CT molecular complexity index is 885. The van der Waals surface area contributed by atoms with Crippen molar-refractivity contribution in [1.82, 2.24) is 15.0 Å². The van der Waals surface area contributed by atoms with Crippen LogP contribution in [0.4, 0.5) is 19.0 Å². The van der Waals surface area contributed by atoms with Crippen molar-refractivity contribution in [3.63, 3.8) is 0 Å². The number of hydrogen-bond donors (Lipinski definition) is 0. The van der Waals surface area contributed by atoms with Gasteiger partial charge in [0.2, 0.25) is 0 Å². The molecule has 3 aromatic rings. The summed E-state index contributed by atoms with van der Waals surface area (Å²) in [5, 5.41) is 0. The summed E-state index contributed by atoms with van der Waals surface area (Å²) in [6.45, 7) is 1.05. The van der Waals surface area contributed by atoms with Gasteiger partial charge in [0.1, 0.15) is 5.82 Å². The summed E-state index contributed by atoms with van der Waals surface area (Å²) in [5.74, 6) is 0.284. The smallest absolute Gasteiger partial charge is 0.348 e. The third-order valence-electron chi connectivity index (χ3n) is 4.09. The zero-order valence-corrected chi connectivity index (χ0v) is 13.0. The molecule has 1 aliphatic heterocycles. The third kappa shape index (κ3) is 3.05. The van der Waals surface area contributed by atoms with Gasteiger partial charge in [-0.1, -0.05) is 24.3 Å². The number of nitrogens with zero attached hydrogens (tertiary/aromatic N) is 4. The fourth-order valence-corrected chi connectivity index (χ4v) is 2.86. The van der Waals surface area contributed by atoms with Crippen LogP contribution in [0.2, 0.25) is 0 Å². The van der Waals surface area contributed by atoms with Crippen LogP contribution in [0, 0.1) is 0 Å². The van der Waals surface area contributed by atoms with E-state index < -0.39 is 11.9 Å². The van der Waals surface area contributed by atoms with Crippen LogP contribution < -0.4 is 4.90 Å². The zero-order chi connectivity index (χ0) is 17.4. The van der Waals surface area contributed by atoms with Gasteiger partial charge >= 0.3 is 6.18 Å². The standard InChI is InChI=1S/C18H13F3N4/c19-18(20,21)15-8-16(24-17(23-15)12-6-3-7-22-9-12)25-10-13-4-1-2-5-14(13)11-25/h1-9H,10-11H2. The second-order valence-electron chi connectivity index (χ2n) is 5.80. The van der Waals surface area contributed by atoms with Crippen molar-refractivity contribution in [1.29, 1.82) is 0 Å². The molecule has 0 bridgehead atoms. The van der Waals surface area contributed by atoms with Crippen molar-refractivity contribution in [2.75, 3.05) is 4.90 Å². The minimum Gasteiger partial charge on any atom is -0.348 e. The maximum Gasteiger partial charge on any atom is 0.433 e. The minimum absolute atomic E-state index is 0.0221. The lowest BCUT2D eigenvalue weighted by Gasteiger charge is -2.19. The maximum absolute atomic E-state index is 13.3. The van der Waals surface area contributed by atoms with Gasteiger partial charge in [0.25, 0.3) is 0 Å². The van der Waals surface area contributed by atoms with Crippen molar-refractivity contribution in [2.45, 2.75) is 19.3 Å². The molecule has 25 heavy (non-hydrogen) atoms. The van der Waals surface area contributed by atoms with Gasteiger partial charge in [-0.05, 0) is 23.3 Å². The molecule has 0 atom stereocenters. The van der Waals surface area contributed by atoms with Gasteiger partial charge in [0.05, 0.1) is 0 Å². The van der Waals surface area contributed by atoms with Gasteiger partial charge in [-0.3, -0.25) is 4.98 Å². The van der Waals surface area contributed by atoms with Gasteiger partial charge in [-0.15, -0.1) is 0 Å². The second kappa shape index (κ2) is 5.84. The molecule has 0 fully saturated rings. The highest BCUT2D eigenvalue weighted by Crippen LogP contribution is 2.34. The first-order valence-corrected chi connectivity index (χ1v) is 7.69. The summed E-state index contributed by atoms with van der Waals surface area (Å²) in [4.78, 5) is 13.8. The highest BCUT2D eigenvalue weighted by molar-refractivity contribution is 5.58. The third-order valence-corrected chi connectivity index (χ3v) is 4.09. The topological polar surface area (TPSA) is 41.9 Å². The van der Waals surface area contributed by atoms with Crippen molar-refractivity contribution < 1.29 is 13.2 Å². The SMILES string of the molecule is FC(F)(F)c1cc(N2Cc3ccccc3C2)nc(-c2cccnc2)n1. The van der Waals surface area contributed by atoms with Gasteiger partial charge < -0.3 is 4.90 Å². The second-order valence-corrected chi connectivity index (χ2v) is 5.80. The van der Waals surface area contributed by atoms with Gasteiger partial charge in [-0.25, -0.2) is 9.97 Å². The van der Waals surface area contributed by atoms with Crippen LogP contribution in [0.1, 0.15) is 16.8 Å². The number of aromatic nitrogens is 3. The molecule has 0 radical (unpaired) electrons. The molecule has 0 unspecified atom stereocenters. The molecular weight excluding hydrogens is 329 g/mol. The molecule has 2 aromatic heterocycles.